The molecule has 0 spiro atoms. The van der Waals surface area contributed by atoms with Gasteiger partial charge in [-0.2, -0.15) is 5.10 Å². The Hall–Kier alpha value is -3.14. The summed E-state index contributed by atoms with van der Waals surface area (Å²) in [7, 11) is 0. The Balaban J connectivity index is 1.48. The van der Waals surface area contributed by atoms with E-state index in [1.54, 1.807) is 6.08 Å². The highest BCUT2D eigenvalue weighted by Gasteiger charge is 2.19. The summed E-state index contributed by atoms with van der Waals surface area (Å²) in [5, 5.41) is 4.69. The van der Waals surface area contributed by atoms with E-state index in [1.807, 2.05) is 28.6 Å². The molecule has 4 rings (SSSR count). The fourth-order valence-electron chi connectivity index (χ4n) is 3.92. The normalized spacial score (nSPS) is 13.7. The molecule has 1 amide bonds. The Morgan fingerprint density at radius 1 is 1.03 bits per heavy atom. The van der Waals surface area contributed by atoms with Crippen LogP contribution in [-0.2, 0) is 24.3 Å². The minimum absolute atomic E-state index is 0.0598. The Morgan fingerprint density at radius 2 is 1.76 bits per heavy atom. The van der Waals surface area contributed by atoms with E-state index in [4.69, 9.17) is 0 Å². The first-order valence-electron chi connectivity index (χ1n) is 10.1. The van der Waals surface area contributed by atoms with Gasteiger partial charge >= 0.3 is 0 Å². The van der Waals surface area contributed by atoms with Crippen molar-refractivity contribution in [3.05, 3.63) is 93.8 Å². The number of aryl methyl sites for hydroxylation is 2. The smallest absolute Gasteiger partial charge is 0.246 e. The van der Waals surface area contributed by atoms with E-state index < -0.39 is 0 Å². The number of hydrogen-bond acceptors (Lipinski definition) is 2. The Morgan fingerprint density at radius 3 is 2.52 bits per heavy atom. The second-order valence-electron chi connectivity index (χ2n) is 7.84. The lowest BCUT2D eigenvalue weighted by molar-refractivity contribution is -0.126. The highest BCUT2D eigenvalue weighted by atomic mass is 16.2. The van der Waals surface area contributed by atoms with Gasteiger partial charge in [0.15, 0.2) is 0 Å². The summed E-state index contributed by atoms with van der Waals surface area (Å²) in [5.41, 5.74) is 8.13. The van der Waals surface area contributed by atoms with Crippen LogP contribution in [0, 0.1) is 20.8 Å². The Bertz CT molecular complexity index is 1060. The molecule has 0 saturated heterocycles. The van der Waals surface area contributed by atoms with Gasteiger partial charge in [0.2, 0.25) is 5.91 Å². The molecule has 1 aliphatic heterocycles. The molecule has 0 atom stereocenters. The molecular weight excluding hydrogens is 358 g/mol. The number of carbonyl (C=O) groups excluding carboxylic acids is 1. The minimum Gasteiger partial charge on any atom is -0.334 e. The van der Waals surface area contributed by atoms with Crippen LogP contribution in [-0.4, -0.2) is 27.1 Å². The summed E-state index contributed by atoms with van der Waals surface area (Å²) >= 11 is 0. The number of carbonyl (C=O) groups is 1. The van der Waals surface area contributed by atoms with Gasteiger partial charge in [-0.3, -0.25) is 9.48 Å². The predicted molar refractivity (Wildman–Crippen MR) is 117 cm³/mol. The molecule has 1 aromatic heterocycles. The molecule has 4 heteroatoms. The molecule has 29 heavy (non-hydrogen) atoms. The van der Waals surface area contributed by atoms with Crippen LogP contribution in [0.5, 0.6) is 0 Å². The van der Waals surface area contributed by atoms with Crippen LogP contribution in [0.15, 0.2) is 54.6 Å². The fourth-order valence-corrected chi connectivity index (χ4v) is 3.92. The highest BCUT2D eigenvalue weighted by Crippen LogP contribution is 2.20. The van der Waals surface area contributed by atoms with E-state index in [0.29, 0.717) is 6.54 Å². The maximum absolute atomic E-state index is 12.7. The molecule has 0 saturated carbocycles. The fraction of sp³-hybridized carbons (Fsp3) is 0.280. The van der Waals surface area contributed by atoms with Crippen molar-refractivity contribution in [2.24, 2.45) is 0 Å². The van der Waals surface area contributed by atoms with Crippen molar-refractivity contribution in [2.75, 3.05) is 6.54 Å². The second kappa shape index (κ2) is 8.08. The van der Waals surface area contributed by atoms with Crippen molar-refractivity contribution in [1.82, 2.24) is 14.7 Å². The number of benzene rings is 2. The van der Waals surface area contributed by atoms with Crippen LogP contribution < -0.4 is 0 Å². The maximum Gasteiger partial charge on any atom is 0.246 e. The topological polar surface area (TPSA) is 38.1 Å². The van der Waals surface area contributed by atoms with Gasteiger partial charge in [-0.1, -0.05) is 54.1 Å². The zero-order valence-electron chi connectivity index (χ0n) is 17.4. The average molecular weight is 386 g/mol. The summed E-state index contributed by atoms with van der Waals surface area (Å²) in [6.07, 6.45) is 4.54. The number of aromatic nitrogens is 2. The van der Waals surface area contributed by atoms with Crippen molar-refractivity contribution >= 4 is 12.0 Å². The number of nitrogens with zero attached hydrogens (tertiary/aromatic N) is 3. The monoisotopic (exact) mass is 385 g/mol. The number of fused-ring (bicyclic) bond motifs is 1. The standard InChI is InChI=1S/C25H27N3O/c1-18-8-10-21(11-9-18)16-28-20(3)24(19(2)26-28)12-13-25(29)27-15-14-22-6-4-5-7-23(22)17-27/h4-13H,14-17H2,1-3H3/b13-12+. The molecule has 3 aromatic rings. The Kier molecular flexibility index (Phi) is 5.34. The van der Waals surface area contributed by atoms with Crippen molar-refractivity contribution in [3.63, 3.8) is 0 Å². The van der Waals surface area contributed by atoms with Gasteiger partial charge in [-0.15, -0.1) is 0 Å². The van der Waals surface area contributed by atoms with E-state index in [0.717, 1.165) is 36.5 Å². The molecule has 0 N–H and O–H groups in total. The average Bonchev–Trinajstić information content (AvgIpc) is 3.00. The van der Waals surface area contributed by atoms with Crippen LogP contribution in [0.4, 0.5) is 0 Å². The van der Waals surface area contributed by atoms with E-state index in [9.17, 15) is 4.79 Å². The zero-order valence-corrected chi connectivity index (χ0v) is 17.4. The summed E-state index contributed by atoms with van der Waals surface area (Å²) < 4.78 is 2.02. The number of amides is 1. The zero-order chi connectivity index (χ0) is 20.4. The number of rotatable bonds is 4. The van der Waals surface area contributed by atoms with Crippen LogP contribution in [0.2, 0.25) is 0 Å². The highest BCUT2D eigenvalue weighted by molar-refractivity contribution is 5.92. The first-order valence-corrected chi connectivity index (χ1v) is 10.1. The third-order valence-corrected chi connectivity index (χ3v) is 5.73. The summed E-state index contributed by atoms with van der Waals surface area (Å²) in [5.74, 6) is 0.0598. The van der Waals surface area contributed by atoms with Gasteiger partial charge in [0, 0.05) is 30.4 Å². The molecule has 0 bridgehead atoms. The molecule has 148 valence electrons. The van der Waals surface area contributed by atoms with Gasteiger partial charge in [-0.05, 0) is 50.0 Å². The van der Waals surface area contributed by atoms with Gasteiger partial charge in [0.1, 0.15) is 0 Å². The first kappa shape index (κ1) is 19.2. The van der Waals surface area contributed by atoms with Gasteiger partial charge < -0.3 is 4.90 Å². The Labute approximate surface area is 172 Å². The van der Waals surface area contributed by atoms with Crippen LogP contribution in [0.3, 0.4) is 0 Å². The van der Waals surface area contributed by atoms with E-state index >= 15 is 0 Å². The largest absolute Gasteiger partial charge is 0.334 e. The quantitative estimate of drug-likeness (QED) is 0.622. The molecular formula is C25H27N3O. The third-order valence-electron chi connectivity index (χ3n) is 5.73. The lowest BCUT2D eigenvalue weighted by Gasteiger charge is -2.27. The van der Waals surface area contributed by atoms with Crippen LogP contribution in [0.25, 0.3) is 6.08 Å². The summed E-state index contributed by atoms with van der Waals surface area (Å²) in [6.45, 7) is 8.34. The lowest BCUT2D eigenvalue weighted by atomic mass is 10.00. The van der Waals surface area contributed by atoms with E-state index in [2.05, 4.69) is 61.4 Å². The van der Waals surface area contributed by atoms with Crippen molar-refractivity contribution in [1.29, 1.82) is 0 Å². The molecule has 0 radical (unpaired) electrons. The van der Waals surface area contributed by atoms with Crippen molar-refractivity contribution in [3.8, 4) is 0 Å². The number of hydrogen-bond donors (Lipinski definition) is 0. The summed E-state index contributed by atoms with van der Waals surface area (Å²) in [4.78, 5) is 14.7. The van der Waals surface area contributed by atoms with Crippen LogP contribution in [0.1, 0.15) is 39.2 Å². The molecule has 1 aliphatic rings. The molecule has 0 aliphatic carbocycles. The van der Waals surface area contributed by atoms with E-state index in [1.165, 1.54) is 22.3 Å². The summed E-state index contributed by atoms with van der Waals surface area (Å²) in [6, 6.07) is 16.9. The maximum atomic E-state index is 12.7. The molecule has 0 unspecified atom stereocenters. The van der Waals surface area contributed by atoms with Gasteiger partial charge in [0.25, 0.3) is 0 Å². The van der Waals surface area contributed by atoms with Gasteiger partial charge in [0.05, 0.1) is 12.2 Å². The SMILES string of the molecule is Cc1ccc(Cn2nc(C)c(/C=C/C(=O)N3CCc4ccccc4C3)c2C)cc1. The lowest BCUT2D eigenvalue weighted by Crippen LogP contribution is -2.34. The van der Waals surface area contributed by atoms with Gasteiger partial charge in [-0.25, -0.2) is 0 Å². The second-order valence-corrected chi connectivity index (χ2v) is 7.84. The molecule has 4 nitrogen and oxygen atoms in total. The van der Waals surface area contributed by atoms with Crippen molar-refractivity contribution < 1.29 is 4.79 Å². The van der Waals surface area contributed by atoms with E-state index in [-0.39, 0.29) is 5.91 Å². The third kappa shape index (κ3) is 4.16. The molecule has 0 fully saturated rings. The molecule has 2 aromatic carbocycles. The predicted octanol–water partition coefficient (Wildman–Crippen LogP) is 4.45. The van der Waals surface area contributed by atoms with Crippen LogP contribution >= 0.6 is 0 Å². The minimum atomic E-state index is 0.0598. The molecule has 2 heterocycles. The van der Waals surface area contributed by atoms with Crippen molar-refractivity contribution in [2.45, 2.75) is 40.3 Å². The first-order chi connectivity index (χ1) is 14.0.